The quantitative estimate of drug-likeness (QED) is 0.634. The van der Waals surface area contributed by atoms with Crippen LogP contribution in [-0.4, -0.2) is 54.2 Å². The third-order valence-corrected chi connectivity index (χ3v) is 2.89. The zero-order chi connectivity index (χ0) is 12.9. The lowest BCUT2D eigenvalue weighted by molar-refractivity contribution is -0.120. The monoisotopic (exact) mass is 243 g/mol. The number of carbonyl (C=O) groups is 2. The second kappa shape index (κ2) is 5.97. The summed E-state index contributed by atoms with van der Waals surface area (Å²) >= 11 is 0. The van der Waals surface area contributed by atoms with Crippen LogP contribution in [0.15, 0.2) is 0 Å². The number of aliphatic hydroxyl groups is 1. The van der Waals surface area contributed by atoms with Crippen molar-refractivity contribution in [3.8, 4) is 0 Å². The molecule has 0 aromatic carbocycles. The fourth-order valence-corrected chi connectivity index (χ4v) is 2.03. The highest BCUT2D eigenvalue weighted by atomic mass is 16.3. The number of nitrogens with zero attached hydrogens (tertiary/aromatic N) is 1. The van der Waals surface area contributed by atoms with E-state index in [2.05, 4.69) is 10.6 Å². The number of hydrogen-bond donors (Lipinski definition) is 3. The van der Waals surface area contributed by atoms with E-state index in [-0.39, 0.29) is 12.3 Å². The summed E-state index contributed by atoms with van der Waals surface area (Å²) in [6.45, 7) is 3.85. The van der Waals surface area contributed by atoms with Gasteiger partial charge >= 0.3 is 6.03 Å². The molecule has 6 heteroatoms. The number of likely N-dealkylation sites (tertiary alicyclic amines) is 1. The van der Waals surface area contributed by atoms with Crippen molar-refractivity contribution in [2.24, 2.45) is 0 Å². The molecule has 1 fully saturated rings. The van der Waals surface area contributed by atoms with Crippen LogP contribution < -0.4 is 10.6 Å². The third-order valence-electron chi connectivity index (χ3n) is 2.89. The van der Waals surface area contributed by atoms with Crippen LogP contribution in [0.2, 0.25) is 0 Å². The first kappa shape index (κ1) is 13.9. The van der Waals surface area contributed by atoms with Crippen LogP contribution >= 0.6 is 0 Å². The molecule has 0 bridgehead atoms. The van der Waals surface area contributed by atoms with Gasteiger partial charge in [-0.1, -0.05) is 0 Å². The summed E-state index contributed by atoms with van der Waals surface area (Å²) in [7, 11) is 1.46. The highest BCUT2D eigenvalue weighted by Crippen LogP contribution is 2.19. The maximum Gasteiger partial charge on any atom is 0.321 e. The smallest absolute Gasteiger partial charge is 0.321 e. The molecule has 1 rings (SSSR count). The fraction of sp³-hybridized carbons (Fsp3) is 0.818. The predicted octanol–water partition coefficient (Wildman–Crippen LogP) is -0.321. The maximum atomic E-state index is 11.4. The molecular weight excluding hydrogens is 222 g/mol. The van der Waals surface area contributed by atoms with Gasteiger partial charge in [0.15, 0.2) is 0 Å². The van der Waals surface area contributed by atoms with Crippen LogP contribution in [-0.2, 0) is 4.79 Å². The SMILES string of the molecule is CNC(=O)NC(=O)CCN1CCCC(C)(O)C1. The zero-order valence-corrected chi connectivity index (χ0v) is 10.5. The second-order valence-corrected chi connectivity index (χ2v) is 4.75. The summed E-state index contributed by atoms with van der Waals surface area (Å²) < 4.78 is 0. The van der Waals surface area contributed by atoms with Gasteiger partial charge in [0.2, 0.25) is 5.91 Å². The first-order valence-corrected chi connectivity index (χ1v) is 5.89. The van der Waals surface area contributed by atoms with Gasteiger partial charge < -0.3 is 10.4 Å². The Labute approximate surface area is 101 Å². The minimum Gasteiger partial charge on any atom is -0.389 e. The lowest BCUT2D eigenvalue weighted by atomic mass is 9.95. The van der Waals surface area contributed by atoms with Crippen LogP contribution in [0, 0.1) is 0 Å². The normalized spacial score (nSPS) is 25.4. The van der Waals surface area contributed by atoms with Crippen LogP contribution in [0.25, 0.3) is 0 Å². The Morgan fingerprint density at radius 3 is 2.76 bits per heavy atom. The maximum absolute atomic E-state index is 11.4. The van der Waals surface area contributed by atoms with Crippen molar-refractivity contribution in [3.05, 3.63) is 0 Å². The van der Waals surface area contributed by atoms with Crippen molar-refractivity contribution >= 4 is 11.9 Å². The molecule has 3 N–H and O–H groups in total. The number of carbonyl (C=O) groups excluding carboxylic acids is 2. The number of amides is 3. The van der Waals surface area contributed by atoms with Gasteiger partial charge in [0, 0.05) is 26.6 Å². The van der Waals surface area contributed by atoms with Gasteiger partial charge in [0.1, 0.15) is 0 Å². The van der Waals surface area contributed by atoms with Gasteiger partial charge in [-0.05, 0) is 26.3 Å². The van der Waals surface area contributed by atoms with Crippen molar-refractivity contribution in [3.63, 3.8) is 0 Å². The molecule has 1 aliphatic heterocycles. The third kappa shape index (κ3) is 5.14. The van der Waals surface area contributed by atoms with E-state index >= 15 is 0 Å². The summed E-state index contributed by atoms with van der Waals surface area (Å²) in [5.41, 5.74) is -0.657. The van der Waals surface area contributed by atoms with Gasteiger partial charge in [-0.25, -0.2) is 4.79 Å². The molecule has 1 heterocycles. The second-order valence-electron chi connectivity index (χ2n) is 4.75. The van der Waals surface area contributed by atoms with Crippen molar-refractivity contribution in [2.45, 2.75) is 31.8 Å². The predicted molar refractivity (Wildman–Crippen MR) is 63.5 cm³/mol. The number of piperidine rings is 1. The number of imide groups is 1. The minimum absolute atomic E-state index is 0.267. The van der Waals surface area contributed by atoms with Crippen molar-refractivity contribution in [2.75, 3.05) is 26.7 Å². The Hall–Kier alpha value is -1.14. The average Bonchev–Trinajstić information content (AvgIpc) is 2.25. The first-order chi connectivity index (χ1) is 7.93. The van der Waals surface area contributed by atoms with Gasteiger partial charge in [0.05, 0.1) is 5.60 Å². The van der Waals surface area contributed by atoms with Gasteiger partial charge in [-0.15, -0.1) is 0 Å². The largest absolute Gasteiger partial charge is 0.389 e. The molecule has 1 aliphatic rings. The molecule has 1 atom stereocenters. The summed E-state index contributed by atoms with van der Waals surface area (Å²) in [6.07, 6.45) is 2.00. The molecule has 0 spiro atoms. The average molecular weight is 243 g/mol. The number of hydrogen-bond acceptors (Lipinski definition) is 4. The van der Waals surface area contributed by atoms with Crippen LogP contribution in [0.5, 0.6) is 0 Å². The molecule has 17 heavy (non-hydrogen) atoms. The van der Waals surface area contributed by atoms with Crippen LogP contribution in [0.3, 0.4) is 0 Å². The molecule has 1 saturated heterocycles. The molecule has 1 unspecified atom stereocenters. The number of nitrogens with one attached hydrogen (secondary N) is 2. The lowest BCUT2D eigenvalue weighted by Gasteiger charge is -2.36. The topological polar surface area (TPSA) is 81.7 Å². The molecule has 0 aromatic rings. The molecule has 0 radical (unpaired) electrons. The van der Waals surface area contributed by atoms with E-state index in [1.54, 1.807) is 0 Å². The van der Waals surface area contributed by atoms with Gasteiger partial charge in [0.25, 0.3) is 0 Å². The molecule has 98 valence electrons. The number of urea groups is 1. The summed E-state index contributed by atoms with van der Waals surface area (Å²) in [4.78, 5) is 24.3. The van der Waals surface area contributed by atoms with Gasteiger partial charge in [-0.3, -0.25) is 15.0 Å². The molecular formula is C11H21N3O3. The zero-order valence-electron chi connectivity index (χ0n) is 10.5. The molecule has 0 aromatic heterocycles. The molecule has 0 saturated carbocycles. The highest BCUT2D eigenvalue weighted by Gasteiger charge is 2.28. The molecule has 0 aliphatic carbocycles. The van der Waals surface area contributed by atoms with E-state index in [0.29, 0.717) is 13.1 Å². The van der Waals surface area contributed by atoms with Crippen LogP contribution in [0.4, 0.5) is 4.79 Å². The Morgan fingerprint density at radius 1 is 1.47 bits per heavy atom. The van der Waals surface area contributed by atoms with Crippen molar-refractivity contribution in [1.82, 2.24) is 15.5 Å². The van der Waals surface area contributed by atoms with E-state index in [1.807, 2.05) is 11.8 Å². The first-order valence-electron chi connectivity index (χ1n) is 5.89. The molecule has 3 amide bonds. The minimum atomic E-state index is -0.657. The van der Waals surface area contributed by atoms with E-state index < -0.39 is 11.6 Å². The lowest BCUT2D eigenvalue weighted by Crippen LogP contribution is -2.47. The van der Waals surface area contributed by atoms with Crippen molar-refractivity contribution in [1.29, 1.82) is 0 Å². The fourth-order valence-electron chi connectivity index (χ4n) is 2.03. The highest BCUT2D eigenvalue weighted by molar-refractivity contribution is 5.94. The van der Waals surface area contributed by atoms with Crippen molar-refractivity contribution < 1.29 is 14.7 Å². The van der Waals surface area contributed by atoms with E-state index in [4.69, 9.17) is 0 Å². The van der Waals surface area contributed by atoms with Gasteiger partial charge in [-0.2, -0.15) is 0 Å². The standard InChI is InChI=1S/C11H21N3O3/c1-11(17)5-3-6-14(8-11)7-4-9(15)13-10(16)12-2/h17H,3-8H2,1-2H3,(H2,12,13,15,16). The number of rotatable bonds is 3. The Morgan fingerprint density at radius 2 is 2.18 bits per heavy atom. The Bertz CT molecular complexity index is 292. The number of β-amino-alcohol motifs (C(OH)–C–C–N with tert-alkyl or cyclic N) is 1. The summed E-state index contributed by atoms with van der Waals surface area (Å²) in [5.74, 6) is -0.297. The Kier molecular flexibility index (Phi) is 4.89. The summed E-state index contributed by atoms with van der Waals surface area (Å²) in [5, 5.41) is 14.4. The summed E-state index contributed by atoms with van der Waals surface area (Å²) in [6, 6.07) is -0.486. The Balaban J connectivity index is 2.26. The van der Waals surface area contributed by atoms with E-state index in [0.717, 1.165) is 19.4 Å². The molecule has 6 nitrogen and oxygen atoms in total. The van der Waals surface area contributed by atoms with Crippen LogP contribution in [0.1, 0.15) is 26.2 Å². The van der Waals surface area contributed by atoms with E-state index in [9.17, 15) is 14.7 Å². The van der Waals surface area contributed by atoms with E-state index in [1.165, 1.54) is 7.05 Å².